The van der Waals surface area contributed by atoms with E-state index in [-0.39, 0.29) is 5.91 Å². The summed E-state index contributed by atoms with van der Waals surface area (Å²) in [4.78, 5) is 19.7. The predicted molar refractivity (Wildman–Crippen MR) is 124 cm³/mol. The second-order valence-corrected chi connectivity index (χ2v) is 8.48. The van der Waals surface area contributed by atoms with Crippen LogP contribution < -0.4 is 10.2 Å². The van der Waals surface area contributed by atoms with Crippen molar-refractivity contribution in [3.63, 3.8) is 0 Å². The van der Waals surface area contributed by atoms with E-state index >= 15 is 0 Å². The lowest BCUT2D eigenvalue weighted by Gasteiger charge is -2.36. The highest BCUT2D eigenvalue weighted by molar-refractivity contribution is 5.78. The molecule has 6 nitrogen and oxygen atoms in total. The van der Waals surface area contributed by atoms with Crippen LogP contribution in [0.2, 0.25) is 0 Å². The monoisotopic (exact) mass is 422 g/mol. The normalized spacial score (nSPS) is 18.2. The van der Waals surface area contributed by atoms with Crippen molar-refractivity contribution >= 4 is 11.6 Å². The van der Waals surface area contributed by atoms with E-state index in [0.717, 1.165) is 59.0 Å². The molecule has 0 aromatic heterocycles. The highest BCUT2D eigenvalue weighted by atomic mass is 16.5. The lowest BCUT2D eigenvalue weighted by Crippen LogP contribution is -2.49. The molecule has 0 unspecified atom stereocenters. The van der Waals surface area contributed by atoms with Crippen LogP contribution in [0, 0.1) is 6.92 Å². The van der Waals surface area contributed by atoms with Gasteiger partial charge in [-0.2, -0.15) is 0 Å². The fourth-order valence-electron chi connectivity index (χ4n) is 4.40. The lowest BCUT2D eigenvalue weighted by atomic mass is 10.1. The highest BCUT2D eigenvalue weighted by Crippen LogP contribution is 2.20. The van der Waals surface area contributed by atoms with E-state index in [1.165, 1.54) is 22.4 Å². The van der Waals surface area contributed by atoms with Gasteiger partial charge in [0.25, 0.3) is 0 Å². The van der Waals surface area contributed by atoms with Gasteiger partial charge >= 0.3 is 0 Å². The molecule has 0 bridgehead atoms. The number of benzene rings is 2. The second kappa shape index (κ2) is 10.8. The summed E-state index contributed by atoms with van der Waals surface area (Å²) >= 11 is 0. The van der Waals surface area contributed by atoms with Gasteiger partial charge in [-0.3, -0.25) is 14.6 Å². The van der Waals surface area contributed by atoms with E-state index < -0.39 is 0 Å². The van der Waals surface area contributed by atoms with Gasteiger partial charge in [0.2, 0.25) is 5.91 Å². The van der Waals surface area contributed by atoms with E-state index in [0.29, 0.717) is 13.1 Å². The summed E-state index contributed by atoms with van der Waals surface area (Å²) in [6.07, 6.45) is 0. The van der Waals surface area contributed by atoms with Gasteiger partial charge in [0, 0.05) is 58.0 Å². The van der Waals surface area contributed by atoms with E-state index in [2.05, 4.69) is 75.5 Å². The quantitative estimate of drug-likeness (QED) is 0.742. The number of para-hydroxylation sites is 1. The number of carbonyl (C=O) groups excluding carboxylic acids is 1. The van der Waals surface area contributed by atoms with E-state index in [1.807, 2.05) is 0 Å². The Morgan fingerprint density at radius 2 is 1.55 bits per heavy atom. The Kier molecular flexibility index (Phi) is 7.57. The van der Waals surface area contributed by atoms with E-state index in [1.54, 1.807) is 0 Å². The zero-order valence-electron chi connectivity index (χ0n) is 18.6. The van der Waals surface area contributed by atoms with Crippen molar-refractivity contribution in [2.75, 3.05) is 63.9 Å². The first kappa shape index (κ1) is 21.8. The third kappa shape index (κ3) is 6.06. The van der Waals surface area contributed by atoms with Crippen molar-refractivity contribution in [3.8, 4) is 0 Å². The molecule has 0 atom stereocenters. The SMILES string of the molecule is Cc1ccccc1N1CCN(CC(=O)NCc2ccccc2CN2CCOCC2)CC1. The van der Waals surface area contributed by atoms with Crippen LogP contribution in [0.25, 0.3) is 0 Å². The first-order chi connectivity index (χ1) is 15.2. The van der Waals surface area contributed by atoms with Crippen molar-refractivity contribution in [2.45, 2.75) is 20.0 Å². The molecule has 2 saturated heterocycles. The van der Waals surface area contributed by atoms with Crippen LogP contribution in [-0.2, 0) is 22.6 Å². The molecule has 4 rings (SSSR count). The molecule has 6 heteroatoms. The highest BCUT2D eigenvalue weighted by Gasteiger charge is 2.20. The number of nitrogens with one attached hydrogen (secondary N) is 1. The lowest BCUT2D eigenvalue weighted by molar-refractivity contribution is -0.122. The summed E-state index contributed by atoms with van der Waals surface area (Å²) in [5, 5.41) is 3.14. The summed E-state index contributed by atoms with van der Waals surface area (Å²) < 4.78 is 5.45. The minimum Gasteiger partial charge on any atom is -0.379 e. The second-order valence-electron chi connectivity index (χ2n) is 8.48. The number of piperazine rings is 1. The molecular formula is C25H34N4O2. The number of amides is 1. The Balaban J connectivity index is 1.23. The molecule has 2 aliphatic rings. The Morgan fingerprint density at radius 3 is 2.29 bits per heavy atom. The number of morpholine rings is 1. The molecule has 2 fully saturated rings. The number of ether oxygens (including phenoxy) is 1. The summed E-state index contributed by atoms with van der Waals surface area (Å²) in [6.45, 7) is 11.4. The van der Waals surface area contributed by atoms with Crippen LogP contribution in [0.1, 0.15) is 16.7 Å². The first-order valence-electron chi connectivity index (χ1n) is 11.4. The fourth-order valence-corrected chi connectivity index (χ4v) is 4.40. The van der Waals surface area contributed by atoms with E-state index in [4.69, 9.17) is 4.74 Å². The van der Waals surface area contributed by atoms with Crippen LogP contribution in [-0.4, -0.2) is 74.7 Å². The molecule has 1 amide bonds. The van der Waals surface area contributed by atoms with Crippen LogP contribution in [0.15, 0.2) is 48.5 Å². The summed E-state index contributed by atoms with van der Waals surface area (Å²) in [7, 11) is 0. The number of anilines is 1. The first-order valence-corrected chi connectivity index (χ1v) is 11.4. The molecule has 0 radical (unpaired) electrons. The van der Waals surface area contributed by atoms with Gasteiger partial charge in [0.05, 0.1) is 19.8 Å². The minimum atomic E-state index is 0.102. The zero-order valence-corrected chi connectivity index (χ0v) is 18.6. The summed E-state index contributed by atoms with van der Waals surface area (Å²) in [5.74, 6) is 0.102. The topological polar surface area (TPSA) is 48.0 Å². The predicted octanol–water partition coefficient (Wildman–Crippen LogP) is 2.27. The number of nitrogens with zero attached hydrogens (tertiary/aromatic N) is 3. The zero-order chi connectivity index (χ0) is 21.5. The Hall–Kier alpha value is -2.41. The molecule has 2 aliphatic heterocycles. The number of aryl methyl sites for hydroxylation is 1. The molecule has 2 aromatic rings. The molecule has 31 heavy (non-hydrogen) atoms. The molecular weight excluding hydrogens is 388 g/mol. The van der Waals surface area contributed by atoms with Crippen molar-refractivity contribution < 1.29 is 9.53 Å². The minimum absolute atomic E-state index is 0.102. The number of rotatable bonds is 7. The van der Waals surface area contributed by atoms with Crippen molar-refractivity contribution in [1.29, 1.82) is 0 Å². The van der Waals surface area contributed by atoms with Crippen molar-refractivity contribution in [1.82, 2.24) is 15.1 Å². The van der Waals surface area contributed by atoms with Gasteiger partial charge in [-0.15, -0.1) is 0 Å². The average Bonchev–Trinajstić information content (AvgIpc) is 2.80. The van der Waals surface area contributed by atoms with Gasteiger partial charge in [0.1, 0.15) is 0 Å². The largest absolute Gasteiger partial charge is 0.379 e. The van der Waals surface area contributed by atoms with Crippen LogP contribution in [0.3, 0.4) is 0 Å². The van der Waals surface area contributed by atoms with Gasteiger partial charge in [-0.25, -0.2) is 0 Å². The molecule has 0 spiro atoms. The van der Waals surface area contributed by atoms with Crippen LogP contribution in [0.4, 0.5) is 5.69 Å². The van der Waals surface area contributed by atoms with Crippen molar-refractivity contribution in [3.05, 3.63) is 65.2 Å². The van der Waals surface area contributed by atoms with Gasteiger partial charge in [-0.05, 0) is 29.7 Å². The standard InChI is InChI=1S/C25H34N4O2/c1-21-6-2-5-9-24(21)29-12-10-27(11-13-29)20-25(30)26-18-22-7-3-4-8-23(22)19-28-14-16-31-17-15-28/h2-9H,10-20H2,1H3,(H,26,30). The smallest absolute Gasteiger partial charge is 0.234 e. The molecule has 166 valence electrons. The number of carbonyl (C=O) groups is 1. The fraction of sp³-hybridized carbons (Fsp3) is 0.480. The Morgan fingerprint density at radius 1 is 0.871 bits per heavy atom. The Bertz CT molecular complexity index is 858. The van der Waals surface area contributed by atoms with Gasteiger partial charge in [-0.1, -0.05) is 42.5 Å². The number of hydrogen-bond donors (Lipinski definition) is 1. The third-order valence-electron chi connectivity index (χ3n) is 6.29. The van der Waals surface area contributed by atoms with Gasteiger partial charge < -0.3 is 15.0 Å². The molecule has 0 saturated carbocycles. The van der Waals surface area contributed by atoms with E-state index in [9.17, 15) is 4.79 Å². The third-order valence-corrected chi connectivity index (χ3v) is 6.29. The van der Waals surface area contributed by atoms with Crippen LogP contribution >= 0.6 is 0 Å². The maximum Gasteiger partial charge on any atom is 0.234 e. The maximum absolute atomic E-state index is 12.6. The van der Waals surface area contributed by atoms with Crippen molar-refractivity contribution in [2.24, 2.45) is 0 Å². The number of hydrogen-bond acceptors (Lipinski definition) is 5. The average molecular weight is 423 g/mol. The molecule has 1 N–H and O–H groups in total. The summed E-state index contributed by atoms with van der Waals surface area (Å²) in [6, 6.07) is 16.9. The maximum atomic E-state index is 12.6. The molecule has 2 aromatic carbocycles. The molecule has 2 heterocycles. The summed E-state index contributed by atoms with van der Waals surface area (Å²) in [5.41, 5.74) is 5.11. The van der Waals surface area contributed by atoms with Crippen LogP contribution in [0.5, 0.6) is 0 Å². The Labute approximate surface area is 185 Å². The molecule has 0 aliphatic carbocycles. The van der Waals surface area contributed by atoms with Gasteiger partial charge in [0.15, 0.2) is 0 Å².